The summed E-state index contributed by atoms with van der Waals surface area (Å²) >= 11 is 6.25. The molecule has 5 nitrogen and oxygen atoms in total. The minimum atomic E-state index is 0.0638. The van der Waals surface area contributed by atoms with Crippen molar-refractivity contribution in [1.82, 2.24) is 14.8 Å². The maximum atomic E-state index is 12.8. The molecule has 6 heteroatoms. The Kier molecular flexibility index (Phi) is 7.26. The average molecular weight is 490 g/mol. The summed E-state index contributed by atoms with van der Waals surface area (Å²) in [6.07, 6.45) is 4.16. The lowest BCUT2D eigenvalue weighted by Crippen LogP contribution is -2.43. The van der Waals surface area contributed by atoms with Crippen LogP contribution < -0.4 is 5.32 Å². The molecule has 1 aliphatic rings. The van der Waals surface area contributed by atoms with E-state index < -0.39 is 0 Å². The Hall–Kier alpha value is -3.02. The number of para-hydroxylation sites is 1. The van der Waals surface area contributed by atoms with Gasteiger partial charge in [-0.05, 0) is 80.2 Å². The predicted molar refractivity (Wildman–Crippen MR) is 141 cm³/mol. The molecule has 35 heavy (non-hydrogen) atoms. The van der Waals surface area contributed by atoms with Crippen molar-refractivity contribution in [2.24, 2.45) is 5.92 Å². The minimum absolute atomic E-state index is 0.0638. The lowest BCUT2D eigenvalue weighted by atomic mass is 9.95. The first kappa shape index (κ1) is 23.7. The summed E-state index contributed by atoms with van der Waals surface area (Å²) < 4.78 is 7.81. The van der Waals surface area contributed by atoms with E-state index in [1.165, 1.54) is 22.2 Å². The van der Waals surface area contributed by atoms with E-state index in [2.05, 4.69) is 51.2 Å². The van der Waals surface area contributed by atoms with E-state index in [4.69, 9.17) is 16.0 Å². The highest BCUT2D eigenvalue weighted by molar-refractivity contribution is 6.30. The molecule has 0 saturated carbocycles. The van der Waals surface area contributed by atoms with Crippen molar-refractivity contribution in [1.29, 1.82) is 0 Å². The number of likely N-dealkylation sites (tertiary alicyclic amines) is 1. The second kappa shape index (κ2) is 10.7. The standard InChI is InChI=1S/C29H32ClN3O2/c1-21(16-27-9-5-15-35-27)31-29(34)23-11-13-32(14-12-23)20-26-18-24-7-2-3-10-28(24)33(26)19-22-6-4-8-25(30)17-22/h2-10,15,17-18,21,23H,11-14,16,19-20H2,1H3,(H,31,34)/t21-/m0/s1. The Morgan fingerprint density at radius 2 is 1.89 bits per heavy atom. The number of fused-ring (bicyclic) bond motifs is 1. The average Bonchev–Trinajstić information content (AvgIpc) is 3.47. The molecule has 0 radical (unpaired) electrons. The number of aromatic nitrogens is 1. The highest BCUT2D eigenvalue weighted by Gasteiger charge is 2.26. The van der Waals surface area contributed by atoms with E-state index in [0.717, 1.165) is 56.2 Å². The van der Waals surface area contributed by atoms with Crippen molar-refractivity contribution in [3.8, 4) is 0 Å². The molecule has 0 bridgehead atoms. The highest BCUT2D eigenvalue weighted by Crippen LogP contribution is 2.25. The molecule has 2 aromatic carbocycles. The van der Waals surface area contributed by atoms with Gasteiger partial charge in [-0.1, -0.05) is 41.9 Å². The number of nitrogens with zero attached hydrogens (tertiary/aromatic N) is 2. The first-order valence-electron chi connectivity index (χ1n) is 12.4. The molecule has 0 aliphatic carbocycles. The Labute approximate surface area is 211 Å². The normalized spacial score (nSPS) is 15.9. The molecule has 0 unspecified atom stereocenters. The maximum absolute atomic E-state index is 12.8. The van der Waals surface area contributed by atoms with Gasteiger partial charge in [0.1, 0.15) is 5.76 Å². The van der Waals surface area contributed by atoms with Crippen LogP contribution in [0.4, 0.5) is 0 Å². The monoisotopic (exact) mass is 489 g/mol. The molecule has 1 N–H and O–H groups in total. The second-order valence-electron chi connectivity index (χ2n) is 9.65. The van der Waals surface area contributed by atoms with Gasteiger partial charge in [-0.2, -0.15) is 0 Å². The molecule has 1 fully saturated rings. The number of carbonyl (C=O) groups is 1. The summed E-state index contributed by atoms with van der Waals surface area (Å²) in [5.41, 5.74) is 3.72. The van der Waals surface area contributed by atoms with Crippen LogP contribution in [0.1, 0.15) is 36.8 Å². The van der Waals surface area contributed by atoms with Crippen LogP contribution in [0.15, 0.2) is 77.4 Å². The highest BCUT2D eigenvalue weighted by atomic mass is 35.5. The second-order valence-corrected chi connectivity index (χ2v) is 10.1. The van der Waals surface area contributed by atoms with Crippen LogP contribution in [0.5, 0.6) is 0 Å². The smallest absolute Gasteiger partial charge is 0.223 e. The fourth-order valence-electron chi connectivity index (χ4n) is 5.13. The molecule has 1 saturated heterocycles. The minimum Gasteiger partial charge on any atom is -0.469 e. The van der Waals surface area contributed by atoms with E-state index >= 15 is 0 Å². The van der Waals surface area contributed by atoms with Crippen LogP contribution in [0.25, 0.3) is 10.9 Å². The van der Waals surface area contributed by atoms with Gasteiger partial charge in [0.2, 0.25) is 5.91 Å². The van der Waals surface area contributed by atoms with Crippen LogP contribution in [-0.4, -0.2) is 34.5 Å². The van der Waals surface area contributed by atoms with Gasteiger partial charge in [-0.3, -0.25) is 9.69 Å². The van der Waals surface area contributed by atoms with Crippen LogP contribution in [0, 0.1) is 5.92 Å². The van der Waals surface area contributed by atoms with E-state index in [1.807, 2.05) is 37.3 Å². The van der Waals surface area contributed by atoms with Gasteiger partial charge < -0.3 is 14.3 Å². The van der Waals surface area contributed by atoms with E-state index in [0.29, 0.717) is 0 Å². The Bertz CT molecular complexity index is 1270. The zero-order valence-corrected chi connectivity index (χ0v) is 20.9. The molecular formula is C29H32ClN3O2. The first-order chi connectivity index (χ1) is 17.0. The van der Waals surface area contributed by atoms with Crippen molar-refractivity contribution in [3.63, 3.8) is 0 Å². The van der Waals surface area contributed by atoms with Gasteiger partial charge in [0, 0.05) is 47.7 Å². The predicted octanol–water partition coefficient (Wildman–Crippen LogP) is 5.90. The molecule has 182 valence electrons. The fraction of sp³-hybridized carbons (Fsp3) is 0.345. The first-order valence-corrected chi connectivity index (χ1v) is 12.8. The third kappa shape index (κ3) is 5.80. The van der Waals surface area contributed by atoms with E-state index in [9.17, 15) is 4.79 Å². The molecule has 1 atom stereocenters. The van der Waals surface area contributed by atoms with Gasteiger partial charge in [-0.25, -0.2) is 0 Å². The van der Waals surface area contributed by atoms with E-state index in [1.54, 1.807) is 6.26 Å². The van der Waals surface area contributed by atoms with Crippen molar-refractivity contribution in [2.45, 2.75) is 45.3 Å². The molecule has 0 spiro atoms. The van der Waals surface area contributed by atoms with Crippen LogP contribution in [0.3, 0.4) is 0 Å². The third-order valence-corrected chi connectivity index (χ3v) is 7.18. The SMILES string of the molecule is C[C@@H](Cc1ccco1)NC(=O)C1CCN(Cc2cc3ccccc3n2Cc2cccc(Cl)c2)CC1. The summed E-state index contributed by atoms with van der Waals surface area (Å²) in [6, 6.07) is 22.8. The Balaban J connectivity index is 1.21. The lowest BCUT2D eigenvalue weighted by Gasteiger charge is -2.32. The van der Waals surface area contributed by atoms with Crippen molar-refractivity contribution >= 4 is 28.4 Å². The molecular weight excluding hydrogens is 458 g/mol. The quantitative estimate of drug-likeness (QED) is 0.335. The Morgan fingerprint density at radius 1 is 1.06 bits per heavy atom. The lowest BCUT2D eigenvalue weighted by molar-refractivity contribution is -0.127. The Morgan fingerprint density at radius 3 is 2.66 bits per heavy atom. The zero-order valence-electron chi connectivity index (χ0n) is 20.1. The topological polar surface area (TPSA) is 50.4 Å². The summed E-state index contributed by atoms with van der Waals surface area (Å²) in [5.74, 6) is 1.14. The number of nitrogens with one attached hydrogen (secondary N) is 1. The number of hydrogen-bond acceptors (Lipinski definition) is 3. The fourth-order valence-corrected chi connectivity index (χ4v) is 5.34. The summed E-state index contributed by atoms with van der Waals surface area (Å²) in [5, 5.41) is 5.20. The number of rotatable bonds is 8. The van der Waals surface area contributed by atoms with Gasteiger partial charge in [0.15, 0.2) is 0 Å². The van der Waals surface area contributed by atoms with Gasteiger partial charge in [0.25, 0.3) is 0 Å². The number of piperidine rings is 1. The van der Waals surface area contributed by atoms with E-state index in [-0.39, 0.29) is 17.9 Å². The summed E-state index contributed by atoms with van der Waals surface area (Å²) in [6.45, 7) is 5.54. The van der Waals surface area contributed by atoms with Crippen molar-refractivity contribution < 1.29 is 9.21 Å². The number of halogens is 1. The van der Waals surface area contributed by atoms with Crippen LogP contribution >= 0.6 is 11.6 Å². The van der Waals surface area contributed by atoms with Gasteiger partial charge in [0.05, 0.1) is 6.26 Å². The maximum Gasteiger partial charge on any atom is 0.223 e. The van der Waals surface area contributed by atoms with Crippen molar-refractivity contribution in [3.05, 3.63) is 95.0 Å². The molecule has 1 amide bonds. The van der Waals surface area contributed by atoms with Crippen LogP contribution in [0.2, 0.25) is 5.02 Å². The zero-order chi connectivity index (χ0) is 24.2. The number of carbonyl (C=O) groups excluding carboxylic acids is 1. The third-order valence-electron chi connectivity index (χ3n) is 6.95. The number of furan rings is 1. The molecule has 4 aromatic rings. The molecule has 2 aromatic heterocycles. The van der Waals surface area contributed by atoms with Crippen molar-refractivity contribution in [2.75, 3.05) is 13.1 Å². The molecule has 3 heterocycles. The van der Waals surface area contributed by atoms with Crippen LogP contribution in [-0.2, 0) is 24.3 Å². The number of amides is 1. The molecule has 5 rings (SSSR count). The largest absolute Gasteiger partial charge is 0.469 e. The summed E-state index contributed by atoms with van der Waals surface area (Å²) in [7, 11) is 0. The molecule has 1 aliphatic heterocycles. The number of hydrogen-bond donors (Lipinski definition) is 1. The van der Waals surface area contributed by atoms with Gasteiger partial charge >= 0.3 is 0 Å². The summed E-state index contributed by atoms with van der Waals surface area (Å²) in [4.78, 5) is 15.3. The number of benzene rings is 2. The van der Waals surface area contributed by atoms with Gasteiger partial charge in [-0.15, -0.1) is 0 Å².